The molecule has 3 aliphatic rings. The average Bonchev–Trinajstić information content (AvgIpc) is 3.57. The molecule has 3 rings (SSSR count). The zero-order valence-electron chi connectivity index (χ0n) is 27.0. The Bertz CT molecular complexity index is 770. The van der Waals surface area contributed by atoms with Crippen molar-refractivity contribution >= 4 is 23.8 Å². The van der Waals surface area contributed by atoms with Crippen molar-refractivity contribution in [3.8, 4) is 0 Å². The summed E-state index contributed by atoms with van der Waals surface area (Å²) in [5.41, 5.74) is -0.296. The molecule has 0 aromatic heterocycles. The van der Waals surface area contributed by atoms with Gasteiger partial charge in [0.15, 0.2) is 0 Å². The Morgan fingerprint density at radius 3 is 1.64 bits per heavy atom. The highest BCUT2D eigenvalue weighted by atomic mass is 16.6. The molecule has 4 N–H and O–H groups in total. The Hall–Kier alpha value is -2.04. The monoisotopic (exact) mass is 596 g/mol. The number of nitrogens with zero attached hydrogens (tertiary/aromatic N) is 1. The van der Waals surface area contributed by atoms with Crippen molar-refractivity contribution in [2.24, 2.45) is 10.8 Å². The first-order valence-electron chi connectivity index (χ1n) is 16.2. The van der Waals surface area contributed by atoms with Gasteiger partial charge in [0.2, 0.25) is 5.91 Å². The highest BCUT2D eigenvalue weighted by Crippen LogP contribution is 2.46. The third-order valence-corrected chi connectivity index (χ3v) is 8.85. The fourth-order valence-corrected chi connectivity index (χ4v) is 6.40. The van der Waals surface area contributed by atoms with Crippen molar-refractivity contribution in [1.29, 1.82) is 0 Å². The number of hydrogen-bond donors (Lipinski definition) is 4. The normalized spacial score (nSPS) is 18.5. The molecule has 0 unspecified atom stereocenters. The van der Waals surface area contributed by atoms with E-state index < -0.39 is 5.97 Å². The van der Waals surface area contributed by atoms with Crippen molar-refractivity contribution in [3.05, 3.63) is 0 Å². The fourth-order valence-electron chi connectivity index (χ4n) is 6.40. The zero-order valence-corrected chi connectivity index (χ0v) is 27.0. The molecule has 10 nitrogen and oxygen atoms in total. The SMILES string of the molecule is CNCCCCCN(C)C(=O)CC1(CC(=O)O)CCCC1.CNCCCCCNC.O=C1CC2(CCCC2)CC(=O)O1. The van der Waals surface area contributed by atoms with E-state index >= 15 is 0 Å². The van der Waals surface area contributed by atoms with E-state index in [1.165, 1.54) is 19.3 Å². The van der Waals surface area contributed by atoms with E-state index in [-0.39, 0.29) is 35.1 Å². The Balaban J connectivity index is 0.000000352. The van der Waals surface area contributed by atoms with Gasteiger partial charge in [0, 0.05) is 20.0 Å². The minimum atomic E-state index is -0.778. The lowest BCUT2D eigenvalue weighted by Crippen LogP contribution is -2.34. The molecule has 2 saturated carbocycles. The van der Waals surface area contributed by atoms with Crippen molar-refractivity contribution < 1.29 is 29.0 Å². The fraction of sp³-hybridized carbons (Fsp3) is 0.875. The molecule has 1 saturated heterocycles. The summed E-state index contributed by atoms with van der Waals surface area (Å²) in [4.78, 5) is 47.1. The lowest BCUT2D eigenvalue weighted by molar-refractivity contribution is -0.169. The van der Waals surface area contributed by atoms with E-state index in [2.05, 4.69) is 20.7 Å². The van der Waals surface area contributed by atoms with Crippen LogP contribution < -0.4 is 16.0 Å². The summed E-state index contributed by atoms with van der Waals surface area (Å²) in [6.45, 7) is 4.10. The number of esters is 2. The summed E-state index contributed by atoms with van der Waals surface area (Å²) >= 11 is 0. The van der Waals surface area contributed by atoms with Gasteiger partial charge in [0.1, 0.15) is 0 Å². The molecule has 1 heterocycles. The minimum absolute atomic E-state index is 0.00752. The highest BCUT2D eigenvalue weighted by molar-refractivity contribution is 5.89. The van der Waals surface area contributed by atoms with Crippen molar-refractivity contribution in [3.63, 3.8) is 0 Å². The molecule has 2 aliphatic carbocycles. The number of nitrogens with one attached hydrogen (secondary N) is 3. The molecule has 0 radical (unpaired) electrons. The molecular weight excluding hydrogens is 536 g/mol. The number of carbonyl (C=O) groups excluding carboxylic acids is 3. The lowest BCUT2D eigenvalue weighted by atomic mass is 9.78. The molecule has 1 amide bonds. The van der Waals surface area contributed by atoms with Gasteiger partial charge in [-0.05, 0) is 103 Å². The molecule has 1 spiro atoms. The molecule has 244 valence electrons. The summed E-state index contributed by atoms with van der Waals surface area (Å²) < 4.78 is 4.50. The van der Waals surface area contributed by atoms with Gasteiger partial charge in [-0.25, -0.2) is 0 Å². The van der Waals surface area contributed by atoms with Gasteiger partial charge in [0.05, 0.1) is 19.3 Å². The standard InChI is InChI=1S/C16H30N2O3.C9H12O3.C7H18N2/c1-17-10-6-3-7-11-18(2)14(19)12-16(13-15(20)21)8-4-5-9-16;10-7-5-9(3-1-2-4-9)6-8(11)12-7;1-8-6-4-3-5-7-9-2/h17H,3-13H2,1-2H3,(H,20,21);1-6H2;8-9H,3-7H2,1-2H3. The Labute approximate surface area is 254 Å². The number of rotatable bonds is 16. The van der Waals surface area contributed by atoms with Gasteiger partial charge in [-0.15, -0.1) is 0 Å². The number of cyclic esters (lactones) is 2. The number of aliphatic carboxylic acids is 1. The van der Waals surface area contributed by atoms with Gasteiger partial charge in [0.25, 0.3) is 0 Å². The topological polar surface area (TPSA) is 137 Å². The van der Waals surface area contributed by atoms with Crippen molar-refractivity contribution in [2.45, 2.75) is 116 Å². The van der Waals surface area contributed by atoms with Gasteiger partial charge >= 0.3 is 17.9 Å². The van der Waals surface area contributed by atoms with Crippen molar-refractivity contribution in [1.82, 2.24) is 20.9 Å². The molecule has 3 fully saturated rings. The third-order valence-electron chi connectivity index (χ3n) is 8.85. The predicted molar refractivity (Wildman–Crippen MR) is 166 cm³/mol. The van der Waals surface area contributed by atoms with Crippen LogP contribution in [0.15, 0.2) is 0 Å². The average molecular weight is 597 g/mol. The van der Waals surface area contributed by atoms with Crippen LogP contribution in [-0.4, -0.2) is 88.2 Å². The molecule has 42 heavy (non-hydrogen) atoms. The van der Waals surface area contributed by atoms with Crippen molar-refractivity contribution in [2.75, 3.05) is 54.4 Å². The van der Waals surface area contributed by atoms with E-state index in [1.54, 1.807) is 4.90 Å². The van der Waals surface area contributed by atoms with E-state index in [0.717, 1.165) is 96.8 Å². The highest BCUT2D eigenvalue weighted by Gasteiger charge is 2.43. The number of ether oxygens (including phenoxy) is 1. The van der Waals surface area contributed by atoms with Crippen LogP contribution in [0.1, 0.15) is 116 Å². The number of unbranched alkanes of at least 4 members (excludes halogenated alkanes) is 4. The molecule has 0 aromatic rings. The Morgan fingerprint density at radius 1 is 0.738 bits per heavy atom. The summed E-state index contributed by atoms with van der Waals surface area (Å²) in [6.07, 6.45) is 16.8. The van der Waals surface area contributed by atoms with E-state index in [1.807, 2.05) is 28.2 Å². The third kappa shape index (κ3) is 16.0. The van der Waals surface area contributed by atoms with E-state index in [0.29, 0.717) is 19.3 Å². The molecule has 0 atom stereocenters. The number of carboxylic acid groups (broad SMARTS) is 1. The van der Waals surface area contributed by atoms with Crippen LogP contribution in [0.2, 0.25) is 0 Å². The second-order valence-electron chi connectivity index (χ2n) is 12.6. The Morgan fingerprint density at radius 2 is 1.19 bits per heavy atom. The first-order chi connectivity index (χ1) is 20.1. The first kappa shape index (κ1) is 38.0. The number of amides is 1. The van der Waals surface area contributed by atoms with Crippen LogP contribution in [0, 0.1) is 10.8 Å². The van der Waals surface area contributed by atoms with Crippen LogP contribution >= 0.6 is 0 Å². The maximum absolute atomic E-state index is 12.3. The summed E-state index contributed by atoms with van der Waals surface area (Å²) in [5.74, 6) is -1.33. The Kier molecular flexibility index (Phi) is 19.6. The summed E-state index contributed by atoms with van der Waals surface area (Å²) in [7, 11) is 7.78. The summed E-state index contributed by atoms with van der Waals surface area (Å²) in [5, 5.41) is 18.4. The van der Waals surface area contributed by atoms with E-state index in [4.69, 9.17) is 5.11 Å². The smallest absolute Gasteiger partial charge is 0.314 e. The van der Waals surface area contributed by atoms with Gasteiger partial charge in [-0.1, -0.05) is 38.5 Å². The lowest BCUT2D eigenvalue weighted by Gasteiger charge is -2.30. The van der Waals surface area contributed by atoms with Crippen LogP contribution in [0.5, 0.6) is 0 Å². The first-order valence-corrected chi connectivity index (χ1v) is 16.2. The number of carbonyl (C=O) groups is 4. The largest absolute Gasteiger partial charge is 0.481 e. The van der Waals surface area contributed by atoms with E-state index in [9.17, 15) is 19.2 Å². The number of carboxylic acids is 1. The van der Waals surface area contributed by atoms with Gasteiger partial charge in [-0.3, -0.25) is 19.2 Å². The van der Waals surface area contributed by atoms with Crippen LogP contribution in [0.4, 0.5) is 0 Å². The van der Waals surface area contributed by atoms with Gasteiger partial charge < -0.3 is 30.7 Å². The molecule has 0 bridgehead atoms. The molecular formula is C32H60N4O6. The number of hydrogen-bond acceptors (Lipinski definition) is 8. The van der Waals surface area contributed by atoms with Crippen LogP contribution in [0.25, 0.3) is 0 Å². The second kappa shape index (κ2) is 21.6. The quantitative estimate of drug-likeness (QED) is 0.117. The maximum Gasteiger partial charge on any atom is 0.314 e. The predicted octanol–water partition coefficient (Wildman–Crippen LogP) is 4.27. The second-order valence-corrected chi connectivity index (χ2v) is 12.6. The van der Waals surface area contributed by atoms with Crippen LogP contribution in [-0.2, 0) is 23.9 Å². The molecule has 10 heteroatoms. The minimum Gasteiger partial charge on any atom is -0.481 e. The molecule has 0 aromatic carbocycles. The maximum atomic E-state index is 12.3. The van der Waals surface area contributed by atoms with Crippen LogP contribution in [0.3, 0.4) is 0 Å². The summed E-state index contributed by atoms with van der Waals surface area (Å²) in [6, 6.07) is 0. The van der Waals surface area contributed by atoms with Gasteiger partial charge in [-0.2, -0.15) is 0 Å². The molecule has 1 aliphatic heterocycles. The zero-order chi connectivity index (χ0) is 31.3.